The van der Waals surface area contributed by atoms with Crippen molar-refractivity contribution < 1.29 is 14.7 Å². The Labute approximate surface area is 130 Å². The summed E-state index contributed by atoms with van der Waals surface area (Å²) in [5.74, 6) is -0.387. The van der Waals surface area contributed by atoms with Gasteiger partial charge in [-0.25, -0.2) is 0 Å². The van der Waals surface area contributed by atoms with Crippen LogP contribution in [0.4, 0.5) is 0 Å². The van der Waals surface area contributed by atoms with Gasteiger partial charge in [0.05, 0.1) is 0 Å². The second kappa shape index (κ2) is 6.30. The molecular formula is C19H20O3. The predicted molar refractivity (Wildman–Crippen MR) is 85.7 cm³/mol. The van der Waals surface area contributed by atoms with Gasteiger partial charge in [0.1, 0.15) is 5.76 Å². The molecule has 0 spiro atoms. The molecule has 1 aromatic carbocycles. The number of allylic oxidation sites excluding steroid dienone is 3. The zero-order valence-corrected chi connectivity index (χ0v) is 12.5. The van der Waals surface area contributed by atoms with Gasteiger partial charge in [0, 0.05) is 16.7 Å². The number of rotatable bonds is 4. The van der Waals surface area contributed by atoms with E-state index >= 15 is 0 Å². The number of fused-ring (bicyclic) bond motifs is 1. The van der Waals surface area contributed by atoms with Crippen molar-refractivity contribution in [3.05, 3.63) is 53.1 Å². The fourth-order valence-electron chi connectivity index (χ4n) is 3.34. The second-order valence-electron chi connectivity index (χ2n) is 6.07. The van der Waals surface area contributed by atoms with Gasteiger partial charge in [-0.3, -0.25) is 9.59 Å². The minimum Gasteiger partial charge on any atom is -0.507 e. The predicted octanol–water partition coefficient (Wildman–Crippen LogP) is 4.25. The summed E-state index contributed by atoms with van der Waals surface area (Å²) < 4.78 is 0. The number of benzene rings is 1. The number of carbonyl (C=O) groups is 2. The minimum absolute atomic E-state index is 0.0104. The highest BCUT2D eigenvalue weighted by Crippen LogP contribution is 2.31. The van der Waals surface area contributed by atoms with Gasteiger partial charge in [0.25, 0.3) is 0 Å². The number of hydrogen-bond acceptors (Lipinski definition) is 3. The van der Waals surface area contributed by atoms with Gasteiger partial charge in [0.2, 0.25) is 11.6 Å². The SMILES string of the molecule is O=C1C(=O)c2ccccc2C(O)=C1CCCC1CC=CCC1. The molecule has 3 heteroatoms. The smallest absolute Gasteiger partial charge is 0.234 e. The van der Waals surface area contributed by atoms with Crippen LogP contribution in [0.3, 0.4) is 0 Å². The van der Waals surface area contributed by atoms with Crippen LogP contribution < -0.4 is 0 Å². The molecule has 0 amide bonds. The third-order valence-corrected chi connectivity index (χ3v) is 4.61. The van der Waals surface area contributed by atoms with Crippen LogP contribution in [0, 0.1) is 5.92 Å². The Morgan fingerprint density at radius 3 is 2.55 bits per heavy atom. The van der Waals surface area contributed by atoms with E-state index in [-0.39, 0.29) is 11.3 Å². The molecule has 1 atom stereocenters. The third-order valence-electron chi connectivity index (χ3n) is 4.61. The molecule has 0 saturated carbocycles. The Morgan fingerprint density at radius 2 is 1.82 bits per heavy atom. The lowest BCUT2D eigenvalue weighted by atomic mass is 9.84. The van der Waals surface area contributed by atoms with E-state index in [0.29, 0.717) is 23.5 Å². The molecule has 3 rings (SSSR count). The number of aliphatic hydroxyl groups excluding tert-OH is 1. The fraction of sp³-hybridized carbons (Fsp3) is 0.368. The van der Waals surface area contributed by atoms with Crippen LogP contribution in [0.2, 0.25) is 0 Å². The van der Waals surface area contributed by atoms with Crippen LogP contribution in [0.5, 0.6) is 0 Å². The Balaban J connectivity index is 1.73. The van der Waals surface area contributed by atoms with Gasteiger partial charge in [-0.05, 0) is 44.4 Å². The Bertz CT molecular complexity index is 667. The van der Waals surface area contributed by atoms with Gasteiger partial charge in [-0.2, -0.15) is 0 Å². The average Bonchev–Trinajstić information content (AvgIpc) is 2.57. The van der Waals surface area contributed by atoms with E-state index < -0.39 is 11.6 Å². The third kappa shape index (κ3) is 2.76. The summed E-state index contributed by atoms with van der Waals surface area (Å²) >= 11 is 0. The van der Waals surface area contributed by atoms with Gasteiger partial charge in [-0.15, -0.1) is 0 Å². The molecule has 3 nitrogen and oxygen atoms in total. The summed E-state index contributed by atoms with van der Waals surface area (Å²) in [4.78, 5) is 24.3. The Hall–Kier alpha value is -2.16. The summed E-state index contributed by atoms with van der Waals surface area (Å²) in [5, 5.41) is 10.3. The van der Waals surface area contributed by atoms with Crippen molar-refractivity contribution in [2.45, 2.75) is 38.5 Å². The van der Waals surface area contributed by atoms with Gasteiger partial charge >= 0.3 is 0 Å². The quantitative estimate of drug-likeness (QED) is 0.667. The number of ketones is 2. The van der Waals surface area contributed by atoms with E-state index in [1.165, 1.54) is 6.42 Å². The van der Waals surface area contributed by atoms with E-state index in [2.05, 4.69) is 12.2 Å². The highest BCUT2D eigenvalue weighted by atomic mass is 16.3. The standard InChI is InChI=1S/C19H20O3/c20-17-14-10-4-5-11-15(14)18(21)19(22)16(17)12-6-9-13-7-2-1-3-8-13/h1-2,4-5,10-11,13,20H,3,6-9,12H2. The molecule has 0 fully saturated rings. The molecular weight excluding hydrogens is 276 g/mol. The van der Waals surface area contributed by atoms with Crippen LogP contribution in [-0.4, -0.2) is 16.7 Å². The lowest BCUT2D eigenvalue weighted by molar-refractivity contribution is -0.112. The largest absolute Gasteiger partial charge is 0.507 e. The van der Waals surface area contributed by atoms with Crippen LogP contribution >= 0.6 is 0 Å². The second-order valence-corrected chi connectivity index (χ2v) is 6.07. The Morgan fingerprint density at radius 1 is 1.05 bits per heavy atom. The number of carbonyl (C=O) groups excluding carboxylic acids is 2. The fourth-order valence-corrected chi connectivity index (χ4v) is 3.34. The Kier molecular flexibility index (Phi) is 4.23. The first-order chi connectivity index (χ1) is 10.7. The minimum atomic E-state index is -0.542. The molecule has 0 saturated heterocycles. The molecule has 1 aromatic rings. The molecule has 22 heavy (non-hydrogen) atoms. The molecule has 2 aliphatic carbocycles. The maximum atomic E-state index is 12.2. The molecule has 114 valence electrons. The maximum absolute atomic E-state index is 12.2. The molecule has 1 unspecified atom stereocenters. The highest BCUT2D eigenvalue weighted by molar-refractivity contribution is 6.52. The lowest BCUT2D eigenvalue weighted by Crippen LogP contribution is -2.24. The van der Waals surface area contributed by atoms with Gasteiger partial charge < -0.3 is 5.11 Å². The summed E-state index contributed by atoms with van der Waals surface area (Å²) in [6.45, 7) is 0. The summed E-state index contributed by atoms with van der Waals surface area (Å²) in [6.07, 6.45) is 10.2. The molecule has 1 N–H and O–H groups in total. The zero-order valence-electron chi connectivity index (χ0n) is 12.5. The highest BCUT2D eigenvalue weighted by Gasteiger charge is 2.32. The summed E-state index contributed by atoms with van der Waals surface area (Å²) in [7, 11) is 0. The molecule has 0 bridgehead atoms. The van der Waals surface area contributed by atoms with Crippen LogP contribution in [0.15, 0.2) is 42.0 Å². The van der Waals surface area contributed by atoms with Crippen molar-refractivity contribution in [2.75, 3.05) is 0 Å². The molecule has 2 aliphatic rings. The van der Waals surface area contributed by atoms with E-state index in [1.54, 1.807) is 24.3 Å². The van der Waals surface area contributed by atoms with E-state index in [9.17, 15) is 14.7 Å². The maximum Gasteiger partial charge on any atom is 0.234 e. The number of Topliss-reactive ketones (excluding diaryl/α,β-unsaturated/α-hetero) is 2. The zero-order chi connectivity index (χ0) is 15.5. The van der Waals surface area contributed by atoms with Gasteiger partial charge in [0.15, 0.2) is 0 Å². The van der Waals surface area contributed by atoms with Crippen molar-refractivity contribution in [1.29, 1.82) is 0 Å². The first-order valence-electron chi connectivity index (χ1n) is 7.94. The summed E-state index contributed by atoms with van der Waals surface area (Å²) in [5.41, 5.74) is 1.09. The van der Waals surface area contributed by atoms with Crippen LogP contribution in [0.1, 0.15) is 54.4 Å². The number of hydrogen-bond donors (Lipinski definition) is 1. The lowest BCUT2D eigenvalue weighted by Gasteiger charge is -2.20. The van der Waals surface area contributed by atoms with E-state index in [1.807, 2.05) is 0 Å². The molecule has 0 aromatic heterocycles. The van der Waals surface area contributed by atoms with Crippen molar-refractivity contribution in [2.24, 2.45) is 5.92 Å². The van der Waals surface area contributed by atoms with Crippen molar-refractivity contribution in [3.8, 4) is 0 Å². The molecule has 0 aliphatic heterocycles. The number of aliphatic hydroxyl groups is 1. The average molecular weight is 296 g/mol. The summed E-state index contributed by atoms with van der Waals surface area (Å²) in [6, 6.07) is 6.76. The first kappa shape index (κ1) is 14.8. The van der Waals surface area contributed by atoms with Crippen LogP contribution in [0.25, 0.3) is 5.76 Å². The van der Waals surface area contributed by atoms with E-state index in [0.717, 1.165) is 25.7 Å². The van der Waals surface area contributed by atoms with Crippen LogP contribution in [-0.2, 0) is 4.79 Å². The monoisotopic (exact) mass is 296 g/mol. The normalized spacial score (nSPS) is 21.2. The van der Waals surface area contributed by atoms with E-state index in [4.69, 9.17) is 0 Å². The molecule has 0 radical (unpaired) electrons. The molecule has 0 heterocycles. The topological polar surface area (TPSA) is 54.4 Å². The first-order valence-corrected chi connectivity index (χ1v) is 7.94. The van der Waals surface area contributed by atoms with Gasteiger partial charge in [-0.1, -0.05) is 36.4 Å². The van der Waals surface area contributed by atoms with Crippen molar-refractivity contribution in [1.82, 2.24) is 0 Å². The van der Waals surface area contributed by atoms with Crippen molar-refractivity contribution >= 4 is 17.3 Å². The van der Waals surface area contributed by atoms with Crippen molar-refractivity contribution in [3.63, 3.8) is 0 Å².